The molecule has 0 spiro atoms. The largest absolute Gasteiger partial charge is 0.481 e. The zero-order chi connectivity index (χ0) is 15.1. The lowest BCUT2D eigenvalue weighted by atomic mass is 10.1. The topological polar surface area (TPSA) is 110 Å². The summed E-state index contributed by atoms with van der Waals surface area (Å²) in [6.45, 7) is 2.93. The number of urea groups is 1. The maximum atomic E-state index is 12.4. The summed E-state index contributed by atoms with van der Waals surface area (Å²) in [5.41, 5.74) is 0. The average molecular weight is 287 g/mol. The van der Waals surface area contributed by atoms with E-state index in [-0.39, 0.29) is 19.7 Å². The first-order chi connectivity index (χ1) is 9.51. The fourth-order valence-corrected chi connectivity index (χ4v) is 2.19. The highest BCUT2D eigenvalue weighted by Crippen LogP contribution is 2.12. The normalized spacial score (nSPS) is 18.6. The molecule has 1 aliphatic heterocycles. The van der Waals surface area contributed by atoms with E-state index in [1.165, 1.54) is 9.80 Å². The van der Waals surface area contributed by atoms with Crippen LogP contribution >= 0.6 is 0 Å². The molecule has 8 nitrogen and oxygen atoms in total. The van der Waals surface area contributed by atoms with Crippen LogP contribution in [-0.2, 0) is 9.59 Å². The van der Waals surface area contributed by atoms with Gasteiger partial charge in [0.05, 0.1) is 13.0 Å². The van der Waals surface area contributed by atoms with Crippen molar-refractivity contribution >= 4 is 17.9 Å². The van der Waals surface area contributed by atoms with E-state index in [0.717, 1.165) is 6.42 Å². The van der Waals surface area contributed by atoms with Crippen LogP contribution in [0.3, 0.4) is 0 Å². The van der Waals surface area contributed by atoms with Gasteiger partial charge in [0.15, 0.2) is 0 Å². The molecule has 3 amide bonds. The minimum Gasteiger partial charge on any atom is -0.481 e. The number of carbonyl (C=O) groups excluding carboxylic acids is 2. The number of aliphatic hydroxyl groups excluding tert-OH is 1. The quantitative estimate of drug-likeness (QED) is 0.585. The van der Waals surface area contributed by atoms with Gasteiger partial charge in [-0.3, -0.25) is 9.59 Å². The maximum Gasteiger partial charge on any atom is 0.320 e. The van der Waals surface area contributed by atoms with E-state index in [0.29, 0.717) is 13.1 Å². The number of aliphatic carboxylic acids is 1. The standard InChI is InChI=1S/C12H21N3O5/c1-2-4-14(6-7-16)12(20)15-5-3-13-11(19)9(15)8-10(17)18/h9,16H,2-8H2,1H3,(H,13,19)(H,17,18). The van der Waals surface area contributed by atoms with Crippen molar-refractivity contribution in [3.8, 4) is 0 Å². The van der Waals surface area contributed by atoms with Gasteiger partial charge >= 0.3 is 12.0 Å². The van der Waals surface area contributed by atoms with Crippen LogP contribution in [-0.4, -0.2) is 76.7 Å². The highest BCUT2D eigenvalue weighted by atomic mass is 16.4. The predicted molar refractivity (Wildman–Crippen MR) is 70.1 cm³/mol. The van der Waals surface area contributed by atoms with Crippen molar-refractivity contribution in [2.24, 2.45) is 0 Å². The van der Waals surface area contributed by atoms with Crippen LogP contribution in [0.2, 0.25) is 0 Å². The number of piperazine rings is 1. The minimum atomic E-state index is -1.13. The fourth-order valence-electron chi connectivity index (χ4n) is 2.19. The van der Waals surface area contributed by atoms with E-state index in [1.54, 1.807) is 0 Å². The number of nitrogens with one attached hydrogen (secondary N) is 1. The number of hydrogen-bond acceptors (Lipinski definition) is 4. The Morgan fingerprint density at radius 2 is 2.15 bits per heavy atom. The number of carboxylic acids is 1. The van der Waals surface area contributed by atoms with Crippen molar-refractivity contribution in [1.82, 2.24) is 15.1 Å². The third kappa shape index (κ3) is 4.09. The summed E-state index contributed by atoms with van der Waals surface area (Å²) in [5, 5.41) is 20.4. The molecule has 1 saturated heterocycles. The molecule has 1 fully saturated rings. The van der Waals surface area contributed by atoms with Gasteiger partial charge in [-0.15, -0.1) is 0 Å². The van der Waals surface area contributed by atoms with Crippen LogP contribution in [0.4, 0.5) is 4.79 Å². The Hall–Kier alpha value is -1.83. The number of rotatable bonds is 6. The van der Waals surface area contributed by atoms with E-state index in [9.17, 15) is 14.4 Å². The number of hydrogen-bond donors (Lipinski definition) is 3. The Morgan fingerprint density at radius 1 is 1.45 bits per heavy atom. The third-order valence-corrected chi connectivity index (χ3v) is 3.08. The molecule has 1 atom stereocenters. The molecule has 1 aliphatic rings. The SMILES string of the molecule is CCCN(CCO)C(=O)N1CCNC(=O)C1CC(=O)O. The zero-order valence-corrected chi connectivity index (χ0v) is 11.5. The van der Waals surface area contributed by atoms with Crippen molar-refractivity contribution < 1.29 is 24.6 Å². The lowest BCUT2D eigenvalue weighted by molar-refractivity contribution is -0.142. The number of carbonyl (C=O) groups is 3. The molecule has 1 heterocycles. The maximum absolute atomic E-state index is 12.4. The number of amides is 3. The van der Waals surface area contributed by atoms with Gasteiger partial charge in [-0.1, -0.05) is 6.92 Å². The second-order valence-corrected chi connectivity index (χ2v) is 4.59. The molecular weight excluding hydrogens is 266 g/mol. The highest BCUT2D eigenvalue weighted by Gasteiger charge is 2.36. The van der Waals surface area contributed by atoms with Gasteiger partial charge in [0.25, 0.3) is 0 Å². The molecule has 1 unspecified atom stereocenters. The van der Waals surface area contributed by atoms with E-state index >= 15 is 0 Å². The van der Waals surface area contributed by atoms with E-state index in [4.69, 9.17) is 10.2 Å². The molecule has 114 valence electrons. The van der Waals surface area contributed by atoms with Crippen molar-refractivity contribution in [1.29, 1.82) is 0 Å². The molecular formula is C12H21N3O5. The van der Waals surface area contributed by atoms with Crippen molar-refractivity contribution in [2.75, 3.05) is 32.8 Å². The van der Waals surface area contributed by atoms with Gasteiger partial charge in [0, 0.05) is 26.2 Å². The summed E-state index contributed by atoms with van der Waals surface area (Å²) in [6, 6.07) is -1.39. The first-order valence-electron chi connectivity index (χ1n) is 6.67. The second kappa shape index (κ2) is 7.68. The monoisotopic (exact) mass is 287 g/mol. The molecule has 0 saturated carbocycles. The van der Waals surface area contributed by atoms with Crippen LogP contribution in [0.1, 0.15) is 19.8 Å². The molecule has 8 heteroatoms. The Labute approximate surface area is 117 Å². The summed E-state index contributed by atoms with van der Waals surface area (Å²) in [7, 11) is 0. The molecule has 0 radical (unpaired) electrons. The molecule has 0 bridgehead atoms. The molecule has 0 aliphatic carbocycles. The fraction of sp³-hybridized carbons (Fsp3) is 0.750. The van der Waals surface area contributed by atoms with Crippen molar-refractivity contribution in [3.63, 3.8) is 0 Å². The summed E-state index contributed by atoms with van der Waals surface area (Å²) in [4.78, 5) is 37.7. The van der Waals surface area contributed by atoms with Gasteiger partial charge in [-0.05, 0) is 6.42 Å². The summed E-state index contributed by atoms with van der Waals surface area (Å²) >= 11 is 0. The predicted octanol–water partition coefficient (Wildman–Crippen LogP) is -0.914. The molecule has 3 N–H and O–H groups in total. The Morgan fingerprint density at radius 3 is 2.70 bits per heavy atom. The third-order valence-electron chi connectivity index (χ3n) is 3.08. The number of carboxylic acid groups (broad SMARTS) is 1. The molecule has 0 aromatic heterocycles. The Balaban J connectivity index is 2.84. The Kier molecular flexibility index (Phi) is 6.23. The van der Waals surface area contributed by atoms with Gasteiger partial charge < -0.3 is 25.3 Å². The molecule has 20 heavy (non-hydrogen) atoms. The molecule has 1 rings (SSSR count). The first-order valence-corrected chi connectivity index (χ1v) is 6.67. The van der Waals surface area contributed by atoms with Crippen LogP contribution in [0.15, 0.2) is 0 Å². The lowest BCUT2D eigenvalue weighted by Crippen LogP contribution is -2.60. The van der Waals surface area contributed by atoms with Gasteiger partial charge in [-0.2, -0.15) is 0 Å². The van der Waals surface area contributed by atoms with E-state index in [1.807, 2.05) is 6.92 Å². The number of aliphatic hydroxyl groups is 1. The summed E-state index contributed by atoms with van der Waals surface area (Å²) in [5.74, 6) is -1.58. The minimum absolute atomic E-state index is 0.171. The summed E-state index contributed by atoms with van der Waals surface area (Å²) < 4.78 is 0. The lowest BCUT2D eigenvalue weighted by Gasteiger charge is -2.37. The van der Waals surface area contributed by atoms with Crippen LogP contribution in [0.5, 0.6) is 0 Å². The van der Waals surface area contributed by atoms with Gasteiger partial charge in [0.2, 0.25) is 5.91 Å². The smallest absolute Gasteiger partial charge is 0.320 e. The summed E-state index contributed by atoms with van der Waals surface area (Å²) in [6.07, 6.45) is 0.298. The average Bonchev–Trinajstić information content (AvgIpc) is 2.39. The van der Waals surface area contributed by atoms with Crippen LogP contribution < -0.4 is 5.32 Å². The van der Waals surface area contributed by atoms with Gasteiger partial charge in [-0.25, -0.2) is 4.79 Å². The second-order valence-electron chi connectivity index (χ2n) is 4.59. The highest BCUT2D eigenvalue weighted by molar-refractivity contribution is 5.91. The van der Waals surface area contributed by atoms with E-state index in [2.05, 4.69) is 5.32 Å². The van der Waals surface area contributed by atoms with Crippen LogP contribution in [0, 0.1) is 0 Å². The van der Waals surface area contributed by atoms with Crippen molar-refractivity contribution in [2.45, 2.75) is 25.8 Å². The molecule has 0 aromatic carbocycles. The van der Waals surface area contributed by atoms with Gasteiger partial charge in [0.1, 0.15) is 6.04 Å². The Bertz CT molecular complexity index is 368. The zero-order valence-electron chi connectivity index (χ0n) is 11.5. The first kappa shape index (κ1) is 16.2. The van der Waals surface area contributed by atoms with E-state index < -0.39 is 30.4 Å². The molecule has 0 aromatic rings. The van der Waals surface area contributed by atoms with Crippen molar-refractivity contribution in [3.05, 3.63) is 0 Å². The van der Waals surface area contributed by atoms with Crippen LogP contribution in [0.25, 0.3) is 0 Å². The number of nitrogens with zero attached hydrogens (tertiary/aromatic N) is 2.